The first-order chi connectivity index (χ1) is 6.11. The van der Waals surface area contributed by atoms with E-state index >= 15 is 0 Å². The van der Waals surface area contributed by atoms with Crippen molar-refractivity contribution in [2.24, 2.45) is 0 Å². The zero-order chi connectivity index (χ0) is 9.90. The van der Waals surface area contributed by atoms with E-state index in [1.54, 1.807) is 0 Å². The van der Waals surface area contributed by atoms with Crippen molar-refractivity contribution < 1.29 is 19.7 Å². The molecule has 0 aromatic carbocycles. The Labute approximate surface area is 76.9 Å². The van der Waals surface area contributed by atoms with Crippen molar-refractivity contribution in [3.63, 3.8) is 0 Å². The summed E-state index contributed by atoms with van der Waals surface area (Å²) in [6.45, 7) is 2.15. The number of aliphatic hydroxyl groups is 2. The summed E-state index contributed by atoms with van der Waals surface area (Å²) in [4.78, 5) is 12.8. The summed E-state index contributed by atoms with van der Waals surface area (Å²) in [6.07, 6.45) is 0.529. The van der Waals surface area contributed by atoms with Gasteiger partial charge in [-0.25, -0.2) is 4.79 Å². The second kappa shape index (κ2) is 3.93. The Balaban J connectivity index is 2.40. The van der Waals surface area contributed by atoms with Gasteiger partial charge < -0.3 is 19.8 Å². The number of hydrogen-bond donors (Lipinski definition) is 2. The quantitative estimate of drug-likeness (QED) is 0.632. The molecule has 76 valence electrons. The smallest absolute Gasteiger partial charge is 0.410 e. The molecule has 5 heteroatoms. The first kappa shape index (κ1) is 10.3. The van der Waals surface area contributed by atoms with Gasteiger partial charge in [0.15, 0.2) is 5.60 Å². The minimum Gasteiger partial charge on any atom is -0.438 e. The van der Waals surface area contributed by atoms with Gasteiger partial charge in [0.1, 0.15) is 0 Å². The predicted octanol–water partition coefficient (Wildman–Crippen LogP) is -0.428. The minimum atomic E-state index is -1.16. The van der Waals surface area contributed by atoms with Crippen LogP contribution in [0.3, 0.4) is 0 Å². The Kier molecular flexibility index (Phi) is 3.11. The fourth-order valence-corrected chi connectivity index (χ4v) is 0.889. The molecule has 1 rings (SSSR count). The number of carbonyl (C=O) groups is 1. The molecule has 0 unspecified atom stereocenters. The highest BCUT2D eigenvalue weighted by Crippen LogP contribution is 2.14. The molecule has 0 bridgehead atoms. The van der Waals surface area contributed by atoms with Gasteiger partial charge in [0.05, 0.1) is 13.2 Å². The molecular formula is C8H15NO4. The van der Waals surface area contributed by atoms with Gasteiger partial charge in [0.2, 0.25) is 0 Å². The van der Waals surface area contributed by atoms with Crippen molar-refractivity contribution in [1.29, 1.82) is 0 Å². The molecule has 1 aliphatic heterocycles. The van der Waals surface area contributed by atoms with Gasteiger partial charge in [-0.2, -0.15) is 0 Å². The lowest BCUT2D eigenvalue weighted by Crippen LogP contribution is -2.48. The van der Waals surface area contributed by atoms with Gasteiger partial charge in [-0.05, 0) is 13.3 Å². The van der Waals surface area contributed by atoms with Crippen LogP contribution in [-0.4, -0.2) is 53.1 Å². The van der Waals surface area contributed by atoms with Crippen molar-refractivity contribution in [2.45, 2.75) is 18.9 Å². The van der Waals surface area contributed by atoms with E-state index in [0.717, 1.165) is 6.42 Å². The average Bonchev–Trinajstić information content (AvgIpc) is 2.01. The number of aliphatic hydroxyl groups excluding tert-OH is 2. The number of nitrogens with zero attached hydrogens (tertiary/aromatic N) is 1. The van der Waals surface area contributed by atoms with Crippen LogP contribution in [0.25, 0.3) is 0 Å². The molecule has 1 heterocycles. The SMILES string of the molecule is CC(CO)(CO)OC(=O)N1CCC1. The molecule has 0 atom stereocenters. The number of hydrogen-bond acceptors (Lipinski definition) is 4. The highest BCUT2D eigenvalue weighted by atomic mass is 16.6. The first-order valence-electron chi connectivity index (χ1n) is 4.31. The Morgan fingerprint density at radius 3 is 2.31 bits per heavy atom. The van der Waals surface area contributed by atoms with Gasteiger partial charge in [-0.15, -0.1) is 0 Å². The summed E-state index contributed by atoms with van der Waals surface area (Å²) in [5, 5.41) is 17.7. The van der Waals surface area contributed by atoms with Crippen molar-refractivity contribution in [2.75, 3.05) is 26.3 Å². The Hall–Kier alpha value is -0.810. The van der Waals surface area contributed by atoms with E-state index in [4.69, 9.17) is 14.9 Å². The normalized spacial score (nSPS) is 16.7. The van der Waals surface area contributed by atoms with Crippen molar-refractivity contribution >= 4 is 6.09 Å². The molecule has 5 nitrogen and oxygen atoms in total. The van der Waals surface area contributed by atoms with Crippen LogP contribution >= 0.6 is 0 Å². The lowest BCUT2D eigenvalue weighted by molar-refractivity contribution is -0.0676. The molecule has 1 saturated heterocycles. The van der Waals surface area contributed by atoms with Crippen LogP contribution in [-0.2, 0) is 4.74 Å². The summed E-state index contributed by atoms with van der Waals surface area (Å²) in [5.74, 6) is 0. The topological polar surface area (TPSA) is 70.0 Å². The Morgan fingerprint density at radius 2 is 2.00 bits per heavy atom. The minimum absolute atomic E-state index is 0.372. The number of ether oxygens (including phenoxy) is 1. The molecule has 0 radical (unpaired) electrons. The van der Waals surface area contributed by atoms with Crippen LogP contribution in [0.5, 0.6) is 0 Å². The molecule has 0 aromatic rings. The summed E-state index contributed by atoms with van der Waals surface area (Å²) in [6, 6.07) is 0. The van der Waals surface area contributed by atoms with Crippen molar-refractivity contribution in [1.82, 2.24) is 4.90 Å². The fraction of sp³-hybridized carbons (Fsp3) is 0.875. The van der Waals surface area contributed by atoms with Crippen LogP contribution in [0, 0.1) is 0 Å². The molecule has 0 saturated carbocycles. The summed E-state index contributed by atoms with van der Waals surface area (Å²) < 4.78 is 4.93. The molecule has 0 spiro atoms. The monoisotopic (exact) mass is 189 g/mol. The van der Waals surface area contributed by atoms with E-state index in [2.05, 4.69) is 0 Å². The van der Waals surface area contributed by atoms with E-state index < -0.39 is 11.7 Å². The third-order valence-corrected chi connectivity index (χ3v) is 2.12. The molecule has 1 fully saturated rings. The lowest BCUT2D eigenvalue weighted by Gasteiger charge is -2.34. The number of amides is 1. The summed E-state index contributed by atoms with van der Waals surface area (Å²) in [7, 11) is 0. The molecule has 13 heavy (non-hydrogen) atoms. The van der Waals surface area contributed by atoms with E-state index in [1.165, 1.54) is 11.8 Å². The zero-order valence-electron chi connectivity index (χ0n) is 7.69. The van der Waals surface area contributed by atoms with Crippen LogP contribution in [0.1, 0.15) is 13.3 Å². The highest BCUT2D eigenvalue weighted by Gasteiger charge is 2.31. The zero-order valence-corrected chi connectivity index (χ0v) is 7.69. The fourth-order valence-electron chi connectivity index (χ4n) is 0.889. The standard InChI is InChI=1S/C8H15NO4/c1-8(5-10,6-11)13-7(12)9-3-2-4-9/h10-11H,2-6H2,1H3. The predicted molar refractivity (Wildman–Crippen MR) is 45.2 cm³/mol. The Morgan fingerprint density at radius 1 is 1.46 bits per heavy atom. The van der Waals surface area contributed by atoms with E-state index in [9.17, 15) is 4.79 Å². The highest BCUT2D eigenvalue weighted by molar-refractivity contribution is 5.69. The molecule has 0 aromatic heterocycles. The average molecular weight is 189 g/mol. The second-order valence-corrected chi connectivity index (χ2v) is 3.47. The van der Waals surface area contributed by atoms with E-state index in [0.29, 0.717) is 13.1 Å². The maximum atomic E-state index is 11.2. The molecule has 2 N–H and O–H groups in total. The largest absolute Gasteiger partial charge is 0.438 e. The van der Waals surface area contributed by atoms with Gasteiger partial charge in [0, 0.05) is 13.1 Å². The maximum absolute atomic E-state index is 11.2. The van der Waals surface area contributed by atoms with Crippen LogP contribution in [0.2, 0.25) is 0 Å². The summed E-state index contributed by atoms with van der Waals surface area (Å²) >= 11 is 0. The van der Waals surface area contributed by atoms with E-state index in [-0.39, 0.29) is 13.2 Å². The van der Waals surface area contributed by atoms with E-state index in [1.807, 2.05) is 0 Å². The lowest BCUT2D eigenvalue weighted by atomic mass is 10.1. The summed E-state index contributed by atoms with van der Waals surface area (Å²) in [5.41, 5.74) is -1.16. The van der Waals surface area contributed by atoms with Crippen molar-refractivity contribution in [3.05, 3.63) is 0 Å². The number of rotatable bonds is 3. The van der Waals surface area contributed by atoms with Crippen LogP contribution in [0.4, 0.5) is 4.79 Å². The first-order valence-corrected chi connectivity index (χ1v) is 4.31. The van der Waals surface area contributed by atoms with Gasteiger partial charge in [0.25, 0.3) is 0 Å². The van der Waals surface area contributed by atoms with Crippen LogP contribution < -0.4 is 0 Å². The van der Waals surface area contributed by atoms with Gasteiger partial charge >= 0.3 is 6.09 Å². The number of carbonyl (C=O) groups excluding carboxylic acids is 1. The molecule has 1 aliphatic rings. The van der Waals surface area contributed by atoms with Crippen LogP contribution in [0.15, 0.2) is 0 Å². The molecule has 0 aliphatic carbocycles. The Bertz CT molecular complexity index is 187. The van der Waals surface area contributed by atoms with Gasteiger partial charge in [-0.1, -0.05) is 0 Å². The maximum Gasteiger partial charge on any atom is 0.410 e. The van der Waals surface area contributed by atoms with Crippen molar-refractivity contribution in [3.8, 4) is 0 Å². The third-order valence-electron chi connectivity index (χ3n) is 2.12. The number of likely N-dealkylation sites (tertiary alicyclic amines) is 1. The molecule has 1 amide bonds. The second-order valence-electron chi connectivity index (χ2n) is 3.47. The third kappa shape index (κ3) is 2.32. The van der Waals surface area contributed by atoms with Gasteiger partial charge in [-0.3, -0.25) is 0 Å². The molecular weight excluding hydrogens is 174 g/mol.